The molecule has 2 atom stereocenters. The lowest BCUT2D eigenvalue weighted by Crippen LogP contribution is -2.29. The minimum Gasteiger partial charge on any atom is -0.507 e. The first-order valence-corrected chi connectivity index (χ1v) is 13.1. The van der Waals surface area contributed by atoms with E-state index in [0.29, 0.717) is 10.7 Å². The van der Waals surface area contributed by atoms with Gasteiger partial charge in [-0.3, -0.25) is 14.5 Å². The largest absolute Gasteiger partial charge is 0.507 e. The lowest BCUT2D eigenvalue weighted by atomic mass is 9.94. The lowest BCUT2D eigenvalue weighted by Gasteiger charge is -2.23. The summed E-state index contributed by atoms with van der Waals surface area (Å²) in [5.41, 5.74) is 6.23. The molecule has 2 aliphatic heterocycles. The maximum Gasteiger partial charge on any atom is 0.301 e. The molecule has 37 heavy (non-hydrogen) atoms. The summed E-state index contributed by atoms with van der Waals surface area (Å²) in [6.45, 7) is 7.98. The van der Waals surface area contributed by atoms with Gasteiger partial charge in [0.1, 0.15) is 17.6 Å². The number of carbonyl (C=O) groups excluding carboxylic acids is 2. The van der Waals surface area contributed by atoms with Gasteiger partial charge in [0, 0.05) is 12.0 Å². The van der Waals surface area contributed by atoms with Crippen molar-refractivity contribution in [1.82, 2.24) is 4.98 Å². The first kappa shape index (κ1) is 23.4. The van der Waals surface area contributed by atoms with Crippen molar-refractivity contribution in [2.75, 3.05) is 4.90 Å². The van der Waals surface area contributed by atoms with Gasteiger partial charge in [-0.2, -0.15) is 0 Å². The van der Waals surface area contributed by atoms with Crippen molar-refractivity contribution in [3.05, 3.63) is 93.6 Å². The molecule has 1 saturated heterocycles. The number of carbonyl (C=O) groups is 2. The minimum atomic E-state index is -0.800. The van der Waals surface area contributed by atoms with Crippen LogP contribution >= 0.6 is 11.3 Å². The van der Waals surface area contributed by atoms with E-state index in [-0.39, 0.29) is 17.4 Å². The Bertz CT molecular complexity index is 1630. The molecule has 0 aliphatic carbocycles. The van der Waals surface area contributed by atoms with E-state index >= 15 is 0 Å². The number of thiazole rings is 1. The second kappa shape index (κ2) is 8.56. The third kappa shape index (κ3) is 3.81. The Balaban J connectivity index is 1.54. The van der Waals surface area contributed by atoms with Gasteiger partial charge in [-0.05, 0) is 74.2 Å². The van der Waals surface area contributed by atoms with Crippen LogP contribution in [0.15, 0.2) is 60.2 Å². The van der Waals surface area contributed by atoms with Crippen LogP contribution < -0.4 is 9.64 Å². The average molecular weight is 511 g/mol. The van der Waals surface area contributed by atoms with E-state index in [4.69, 9.17) is 9.72 Å². The van der Waals surface area contributed by atoms with Gasteiger partial charge in [-0.1, -0.05) is 47.2 Å². The molecule has 6 nitrogen and oxygen atoms in total. The Hall–Kier alpha value is -3.97. The van der Waals surface area contributed by atoms with Crippen LogP contribution in [0.5, 0.6) is 5.75 Å². The van der Waals surface area contributed by atoms with Crippen LogP contribution in [0.2, 0.25) is 0 Å². The molecule has 1 fully saturated rings. The van der Waals surface area contributed by atoms with Gasteiger partial charge in [0.25, 0.3) is 5.78 Å². The SMILES string of the molecule is Cc1ccc([C@@H]2/C(=C(\O)c3ccc4c(c3)C[C@H](C)O4)C(=O)C(=O)N2c2nc3c(C)cc(C)cc3s2)cc1. The summed E-state index contributed by atoms with van der Waals surface area (Å²) in [5, 5.41) is 11.9. The number of hydrogen-bond acceptors (Lipinski definition) is 6. The second-order valence-electron chi connectivity index (χ2n) is 9.96. The normalized spacial score (nSPS) is 20.5. The highest BCUT2D eigenvalue weighted by atomic mass is 32.1. The minimum absolute atomic E-state index is 0.0525. The fraction of sp³-hybridized carbons (Fsp3) is 0.233. The Morgan fingerprint density at radius 1 is 1.03 bits per heavy atom. The van der Waals surface area contributed by atoms with Gasteiger partial charge < -0.3 is 9.84 Å². The molecule has 6 rings (SSSR count). The topological polar surface area (TPSA) is 79.7 Å². The highest BCUT2D eigenvalue weighted by Gasteiger charge is 2.48. The number of amides is 1. The standard InChI is InChI=1S/C30H26N2O4S/c1-15-5-7-19(8-6-15)26-24(27(33)20-9-10-22-21(14-20)13-18(4)36-22)28(34)29(35)32(26)30-31-25-17(3)11-16(2)12-23(25)37-30/h5-12,14,18,26,33H,13H2,1-4H3/b27-24+/t18-,26+/m0/s1. The summed E-state index contributed by atoms with van der Waals surface area (Å²) >= 11 is 1.38. The van der Waals surface area contributed by atoms with Crippen molar-refractivity contribution < 1.29 is 19.4 Å². The molecule has 0 unspecified atom stereocenters. The van der Waals surface area contributed by atoms with E-state index in [0.717, 1.165) is 50.2 Å². The number of aliphatic hydroxyl groups is 1. The number of ether oxygens (including phenoxy) is 1. The maximum absolute atomic E-state index is 13.5. The molecule has 186 valence electrons. The van der Waals surface area contributed by atoms with Crippen LogP contribution in [0.1, 0.15) is 46.3 Å². The Labute approximate surface area is 218 Å². The van der Waals surface area contributed by atoms with Crippen LogP contribution in [-0.4, -0.2) is 27.9 Å². The number of ketones is 1. The van der Waals surface area contributed by atoms with Crippen molar-refractivity contribution in [3.63, 3.8) is 0 Å². The molecule has 1 amide bonds. The van der Waals surface area contributed by atoms with Crippen molar-refractivity contribution in [3.8, 4) is 5.75 Å². The van der Waals surface area contributed by atoms with Crippen LogP contribution in [0.25, 0.3) is 16.0 Å². The van der Waals surface area contributed by atoms with Crippen LogP contribution in [-0.2, 0) is 16.0 Å². The molecular weight excluding hydrogens is 484 g/mol. The zero-order valence-electron chi connectivity index (χ0n) is 21.0. The lowest BCUT2D eigenvalue weighted by molar-refractivity contribution is -0.132. The molecule has 4 aromatic rings. The molecule has 7 heteroatoms. The first-order valence-electron chi connectivity index (χ1n) is 12.3. The molecule has 3 heterocycles. The summed E-state index contributed by atoms with van der Waals surface area (Å²) in [7, 11) is 0. The zero-order chi connectivity index (χ0) is 26.0. The van der Waals surface area contributed by atoms with Gasteiger partial charge in [-0.25, -0.2) is 4.98 Å². The number of anilines is 1. The smallest absolute Gasteiger partial charge is 0.301 e. The van der Waals surface area contributed by atoms with Gasteiger partial charge >= 0.3 is 5.91 Å². The number of hydrogen-bond donors (Lipinski definition) is 1. The highest BCUT2D eigenvalue weighted by Crippen LogP contribution is 2.45. The predicted molar refractivity (Wildman–Crippen MR) is 145 cm³/mol. The molecule has 0 bridgehead atoms. The predicted octanol–water partition coefficient (Wildman–Crippen LogP) is 6.17. The van der Waals surface area contributed by atoms with E-state index in [1.807, 2.05) is 70.2 Å². The number of aromatic nitrogens is 1. The third-order valence-corrected chi connectivity index (χ3v) is 8.03. The summed E-state index contributed by atoms with van der Waals surface area (Å²) in [4.78, 5) is 33.3. The van der Waals surface area contributed by atoms with Crippen molar-refractivity contribution in [2.45, 2.75) is 46.3 Å². The van der Waals surface area contributed by atoms with Crippen molar-refractivity contribution in [1.29, 1.82) is 0 Å². The number of aryl methyl sites for hydroxylation is 3. The van der Waals surface area contributed by atoms with E-state index in [2.05, 4.69) is 6.07 Å². The number of nitrogens with zero attached hydrogens (tertiary/aromatic N) is 2. The fourth-order valence-corrected chi connectivity index (χ4v) is 6.45. The van der Waals surface area contributed by atoms with Crippen LogP contribution in [0, 0.1) is 20.8 Å². The molecule has 1 aromatic heterocycles. The molecule has 2 aliphatic rings. The molecular formula is C30H26N2O4S. The van der Waals surface area contributed by atoms with Crippen LogP contribution in [0.4, 0.5) is 5.13 Å². The Morgan fingerprint density at radius 2 is 1.78 bits per heavy atom. The van der Waals surface area contributed by atoms with Crippen LogP contribution in [0.3, 0.4) is 0 Å². The van der Waals surface area contributed by atoms with Gasteiger partial charge in [0.2, 0.25) is 0 Å². The third-order valence-electron chi connectivity index (χ3n) is 7.03. The zero-order valence-corrected chi connectivity index (χ0v) is 21.8. The number of Topliss-reactive ketones (excluding diaryl/α,β-unsaturated/α-hetero) is 1. The van der Waals surface area contributed by atoms with E-state index in [1.165, 1.54) is 16.2 Å². The summed E-state index contributed by atoms with van der Waals surface area (Å²) in [6.07, 6.45) is 0.771. The highest BCUT2D eigenvalue weighted by molar-refractivity contribution is 7.22. The van der Waals surface area contributed by atoms with E-state index < -0.39 is 17.7 Å². The molecule has 0 spiro atoms. The summed E-state index contributed by atoms with van der Waals surface area (Å²) in [6, 6.07) is 16.3. The van der Waals surface area contributed by atoms with Crippen molar-refractivity contribution >= 4 is 44.1 Å². The van der Waals surface area contributed by atoms with E-state index in [9.17, 15) is 14.7 Å². The molecule has 3 aromatic carbocycles. The Kier molecular flexibility index (Phi) is 5.42. The molecule has 0 radical (unpaired) electrons. The summed E-state index contributed by atoms with van der Waals surface area (Å²) < 4.78 is 6.74. The number of benzene rings is 3. The summed E-state index contributed by atoms with van der Waals surface area (Å²) in [5.74, 6) is -0.833. The van der Waals surface area contributed by atoms with Gasteiger partial charge in [-0.15, -0.1) is 0 Å². The monoisotopic (exact) mass is 510 g/mol. The number of fused-ring (bicyclic) bond motifs is 2. The van der Waals surface area contributed by atoms with Gasteiger partial charge in [0.05, 0.1) is 21.8 Å². The maximum atomic E-state index is 13.5. The number of rotatable bonds is 3. The fourth-order valence-electron chi connectivity index (χ4n) is 5.28. The van der Waals surface area contributed by atoms with Gasteiger partial charge in [0.15, 0.2) is 5.13 Å². The Morgan fingerprint density at radius 3 is 2.54 bits per heavy atom. The van der Waals surface area contributed by atoms with E-state index in [1.54, 1.807) is 6.07 Å². The molecule has 0 saturated carbocycles. The second-order valence-corrected chi connectivity index (χ2v) is 11.0. The average Bonchev–Trinajstić information content (AvgIpc) is 3.52. The number of aliphatic hydroxyl groups excluding tert-OH is 1. The quantitative estimate of drug-likeness (QED) is 0.203. The molecule has 1 N–H and O–H groups in total. The first-order chi connectivity index (χ1) is 17.7. The van der Waals surface area contributed by atoms with Crippen molar-refractivity contribution in [2.24, 2.45) is 0 Å².